The third-order valence-corrected chi connectivity index (χ3v) is 4.88. The van der Waals surface area contributed by atoms with Gasteiger partial charge >= 0.3 is 6.03 Å². The van der Waals surface area contributed by atoms with E-state index < -0.39 is 6.10 Å². The molecule has 0 radical (unpaired) electrons. The summed E-state index contributed by atoms with van der Waals surface area (Å²) in [5.74, 6) is 0.517. The lowest BCUT2D eigenvalue weighted by molar-refractivity contribution is 0.0801. The molecule has 6 nitrogen and oxygen atoms in total. The van der Waals surface area contributed by atoms with Crippen LogP contribution in [0, 0.1) is 0 Å². The maximum absolute atomic E-state index is 11.9. The van der Waals surface area contributed by atoms with Gasteiger partial charge in [-0.15, -0.1) is 11.3 Å². The molecule has 2 aromatic rings. The molecule has 0 spiro atoms. The van der Waals surface area contributed by atoms with Crippen LogP contribution < -0.4 is 10.6 Å². The van der Waals surface area contributed by atoms with Crippen molar-refractivity contribution in [2.75, 3.05) is 13.2 Å². The molecule has 0 aromatic carbocycles. The van der Waals surface area contributed by atoms with Crippen LogP contribution in [0.4, 0.5) is 4.79 Å². The van der Waals surface area contributed by atoms with Crippen LogP contribution in [0.25, 0.3) is 0 Å². The van der Waals surface area contributed by atoms with Crippen molar-refractivity contribution in [2.45, 2.75) is 31.5 Å². The molecule has 2 aromatic heterocycles. The molecule has 1 saturated heterocycles. The number of aliphatic hydroxyl groups excluding tert-OH is 1. The normalized spacial score (nSPS) is 16.9. The highest BCUT2D eigenvalue weighted by molar-refractivity contribution is 7.12. The van der Waals surface area contributed by atoms with Gasteiger partial charge in [0.1, 0.15) is 11.9 Å². The summed E-state index contributed by atoms with van der Waals surface area (Å²) in [7, 11) is 0. The maximum atomic E-state index is 11.9. The monoisotopic (exact) mass is 336 g/mol. The number of nitrogens with one attached hydrogen (secondary N) is 2. The summed E-state index contributed by atoms with van der Waals surface area (Å²) >= 11 is 1.45. The fourth-order valence-corrected chi connectivity index (χ4v) is 3.42. The molecule has 0 bridgehead atoms. The van der Waals surface area contributed by atoms with Crippen molar-refractivity contribution in [2.24, 2.45) is 0 Å². The Kier molecular flexibility index (Phi) is 5.32. The largest absolute Gasteiger partial charge is 0.466 e. The fourth-order valence-electron chi connectivity index (χ4n) is 2.47. The van der Waals surface area contributed by atoms with E-state index in [1.54, 1.807) is 12.1 Å². The van der Waals surface area contributed by atoms with Crippen molar-refractivity contribution in [1.82, 2.24) is 10.6 Å². The SMILES string of the molecule is O=C(NCc1ccc([C@@H](O)c2ccco2)s1)NC1CCOCC1. The summed E-state index contributed by atoms with van der Waals surface area (Å²) in [5, 5.41) is 16.0. The molecule has 3 N–H and O–H groups in total. The van der Waals surface area contributed by atoms with Crippen molar-refractivity contribution in [3.63, 3.8) is 0 Å². The second kappa shape index (κ2) is 7.63. The predicted molar refractivity (Wildman–Crippen MR) is 86.3 cm³/mol. The highest BCUT2D eigenvalue weighted by atomic mass is 32.1. The minimum Gasteiger partial charge on any atom is -0.466 e. The Morgan fingerprint density at radius 1 is 1.35 bits per heavy atom. The maximum Gasteiger partial charge on any atom is 0.315 e. The number of hydrogen-bond acceptors (Lipinski definition) is 5. The number of amides is 2. The van der Waals surface area contributed by atoms with Crippen molar-refractivity contribution in [3.05, 3.63) is 46.0 Å². The molecular weight excluding hydrogens is 316 g/mol. The van der Waals surface area contributed by atoms with E-state index in [4.69, 9.17) is 9.15 Å². The van der Waals surface area contributed by atoms with Gasteiger partial charge in [-0.25, -0.2) is 4.79 Å². The fraction of sp³-hybridized carbons (Fsp3) is 0.438. The lowest BCUT2D eigenvalue weighted by atomic mass is 10.1. The highest BCUT2D eigenvalue weighted by Crippen LogP contribution is 2.28. The summed E-state index contributed by atoms with van der Waals surface area (Å²) < 4.78 is 10.5. The van der Waals surface area contributed by atoms with Crippen LogP contribution in [0.15, 0.2) is 34.9 Å². The van der Waals surface area contributed by atoms with Crippen molar-refractivity contribution in [1.29, 1.82) is 0 Å². The third-order valence-electron chi connectivity index (χ3n) is 3.74. The van der Waals surface area contributed by atoms with Gasteiger partial charge in [-0.3, -0.25) is 0 Å². The van der Waals surface area contributed by atoms with E-state index >= 15 is 0 Å². The summed E-state index contributed by atoms with van der Waals surface area (Å²) in [6.45, 7) is 1.83. The van der Waals surface area contributed by atoms with Gasteiger partial charge in [0, 0.05) is 29.0 Å². The highest BCUT2D eigenvalue weighted by Gasteiger charge is 2.17. The number of carbonyl (C=O) groups is 1. The van der Waals surface area contributed by atoms with Gasteiger partial charge in [-0.05, 0) is 37.1 Å². The van der Waals surface area contributed by atoms with E-state index in [1.165, 1.54) is 17.6 Å². The minimum absolute atomic E-state index is 0.168. The van der Waals surface area contributed by atoms with Gasteiger partial charge in [0.25, 0.3) is 0 Å². The summed E-state index contributed by atoms with van der Waals surface area (Å²) in [6, 6.07) is 7.26. The standard InChI is InChI=1S/C16H20N2O4S/c19-15(13-2-1-7-22-13)14-4-3-12(23-14)10-17-16(20)18-11-5-8-21-9-6-11/h1-4,7,11,15,19H,5-6,8-10H2,(H2,17,18,20)/t15-/m0/s1. The molecule has 1 fully saturated rings. The molecule has 0 aliphatic carbocycles. The first kappa shape index (κ1) is 16.0. The van der Waals surface area contributed by atoms with Crippen LogP contribution in [0.1, 0.15) is 34.5 Å². The van der Waals surface area contributed by atoms with E-state index in [0.29, 0.717) is 25.5 Å². The van der Waals surface area contributed by atoms with Crippen LogP contribution in [0.2, 0.25) is 0 Å². The number of ether oxygens (including phenoxy) is 1. The van der Waals surface area contributed by atoms with Crippen molar-refractivity contribution >= 4 is 17.4 Å². The molecule has 124 valence electrons. The van der Waals surface area contributed by atoms with Gasteiger partial charge in [0.2, 0.25) is 0 Å². The molecule has 7 heteroatoms. The smallest absolute Gasteiger partial charge is 0.315 e. The first-order valence-corrected chi connectivity index (χ1v) is 8.46. The molecule has 1 aliphatic rings. The first-order valence-electron chi connectivity index (χ1n) is 7.64. The molecule has 0 unspecified atom stereocenters. The Morgan fingerprint density at radius 2 is 2.17 bits per heavy atom. The van der Waals surface area contributed by atoms with Crippen molar-refractivity contribution in [3.8, 4) is 0 Å². The molecule has 0 saturated carbocycles. The van der Waals surface area contributed by atoms with E-state index in [9.17, 15) is 9.90 Å². The number of urea groups is 1. The quantitative estimate of drug-likeness (QED) is 0.783. The first-order chi connectivity index (χ1) is 11.2. The number of aliphatic hydroxyl groups is 1. The number of hydrogen-bond donors (Lipinski definition) is 3. The van der Waals surface area contributed by atoms with Crippen LogP contribution in [0.5, 0.6) is 0 Å². The van der Waals surface area contributed by atoms with Gasteiger partial charge in [0.15, 0.2) is 0 Å². The topological polar surface area (TPSA) is 83.7 Å². The van der Waals surface area contributed by atoms with Gasteiger partial charge in [0.05, 0.1) is 12.8 Å². The number of rotatable bonds is 5. The molecule has 1 aliphatic heterocycles. The van der Waals surface area contributed by atoms with Crippen LogP contribution in [-0.4, -0.2) is 30.4 Å². The number of thiophene rings is 1. The third kappa shape index (κ3) is 4.34. The van der Waals surface area contributed by atoms with Crippen LogP contribution >= 0.6 is 11.3 Å². The van der Waals surface area contributed by atoms with Crippen molar-refractivity contribution < 1.29 is 19.1 Å². The average Bonchev–Trinajstić information content (AvgIpc) is 3.25. The van der Waals surface area contributed by atoms with E-state index in [2.05, 4.69) is 10.6 Å². The van der Waals surface area contributed by atoms with E-state index in [0.717, 1.165) is 22.6 Å². The molecule has 1 atom stereocenters. The molecule has 2 amide bonds. The Hall–Kier alpha value is -1.83. The lowest BCUT2D eigenvalue weighted by Crippen LogP contribution is -2.44. The lowest BCUT2D eigenvalue weighted by Gasteiger charge is -2.23. The number of carbonyl (C=O) groups excluding carboxylic acids is 1. The second-order valence-electron chi connectivity index (χ2n) is 5.44. The summed E-state index contributed by atoms with van der Waals surface area (Å²) in [6.07, 6.45) is 2.48. The van der Waals surface area contributed by atoms with Gasteiger partial charge < -0.3 is 24.9 Å². The average molecular weight is 336 g/mol. The molecule has 3 heterocycles. The summed E-state index contributed by atoms with van der Waals surface area (Å²) in [5.41, 5.74) is 0. The molecular formula is C16H20N2O4S. The Bertz CT molecular complexity index is 620. The second-order valence-corrected chi connectivity index (χ2v) is 6.64. The van der Waals surface area contributed by atoms with E-state index in [1.807, 2.05) is 12.1 Å². The van der Waals surface area contributed by atoms with E-state index in [-0.39, 0.29) is 12.1 Å². The number of furan rings is 1. The van der Waals surface area contributed by atoms with Crippen LogP contribution in [-0.2, 0) is 11.3 Å². The zero-order valence-electron chi connectivity index (χ0n) is 12.7. The Morgan fingerprint density at radius 3 is 2.91 bits per heavy atom. The predicted octanol–water partition coefficient (Wildman–Crippen LogP) is 2.40. The molecule has 3 rings (SSSR count). The zero-order chi connectivity index (χ0) is 16.1. The zero-order valence-corrected chi connectivity index (χ0v) is 13.5. The van der Waals surface area contributed by atoms with Crippen LogP contribution in [0.3, 0.4) is 0 Å². The Labute approximate surface area is 138 Å². The summed E-state index contributed by atoms with van der Waals surface area (Å²) in [4.78, 5) is 13.7. The molecule has 23 heavy (non-hydrogen) atoms. The Balaban J connectivity index is 1.48. The van der Waals surface area contributed by atoms with Gasteiger partial charge in [-0.1, -0.05) is 0 Å². The minimum atomic E-state index is -0.764. The van der Waals surface area contributed by atoms with Gasteiger partial charge in [-0.2, -0.15) is 0 Å².